The molecule has 1 aromatic carbocycles. The lowest BCUT2D eigenvalue weighted by atomic mass is 9.89. The van der Waals surface area contributed by atoms with E-state index in [1.54, 1.807) is 18.2 Å². The third-order valence-electron chi connectivity index (χ3n) is 3.50. The summed E-state index contributed by atoms with van der Waals surface area (Å²) in [5.41, 5.74) is 0.00559. The molecule has 0 amide bonds. The van der Waals surface area contributed by atoms with Crippen molar-refractivity contribution in [1.29, 1.82) is 0 Å². The molecule has 0 spiro atoms. The summed E-state index contributed by atoms with van der Waals surface area (Å²) in [4.78, 5) is 0. The Bertz CT molecular complexity index is 389. The molecular formula is C14H19F2NO. The van der Waals surface area contributed by atoms with Gasteiger partial charge in [0.2, 0.25) is 0 Å². The van der Waals surface area contributed by atoms with Crippen LogP contribution in [0.1, 0.15) is 24.8 Å². The first-order valence-corrected chi connectivity index (χ1v) is 6.35. The highest BCUT2D eigenvalue weighted by Crippen LogP contribution is 2.41. The second-order valence-corrected chi connectivity index (χ2v) is 4.80. The largest absolute Gasteiger partial charge is 0.496 e. The van der Waals surface area contributed by atoms with Crippen LogP contribution in [0.25, 0.3) is 0 Å². The fourth-order valence-electron chi connectivity index (χ4n) is 2.51. The number of hydrogen-bond acceptors (Lipinski definition) is 2. The predicted molar refractivity (Wildman–Crippen MR) is 67.1 cm³/mol. The van der Waals surface area contributed by atoms with E-state index in [-0.39, 0.29) is 23.7 Å². The summed E-state index contributed by atoms with van der Waals surface area (Å²) in [6.45, 7) is 1.68. The van der Waals surface area contributed by atoms with Gasteiger partial charge in [-0.25, -0.2) is 8.78 Å². The van der Waals surface area contributed by atoms with Crippen molar-refractivity contribution < 1.29 is 13.5 Å². The van der Waals surface area contributed by atoms with Gasteiger partial charge in [-0.15, -0.1) is 0 Å². The van der Waals surface area contributed by atoms with Gasteiger partial charge in [-0.1, -0.05) is 12.1 Å². The third kappa shape index (κ3) is 2.99. The summed E-state index contributed by atoms with van der Waals surface area (Å²) in [7, 11) is 1.43. The van der Waals surface area contributed by atoms with Gasteiger partial charge in [-0.3, -0.25) is 0 Å². The maximum atomic E-state index is 14.3. The van der Waals surface area contributed by atoms with Crippen molar-refractivity contribution in [1.82, 2.24) is 5.32 Å². The number of rotatable bonds is 4. The average molecular weight is 255 g/mol. The van der Waals surface area contributed by atoms with E-state index in [4.69, 9.17) is 4.74 Å². The first kappa shape index (κ1) is 13.3. The molecule has 1 fully saturated rings. The van der Waals surface area contributed by atoms with Crippen molar-refractivity contribution in [3.8, 4) is 5.75 Å². The van der Waals surface area contributed by atoms with Gasteiger partial charge in [-0.2, -0.15) is 0 Å². The Morgan fingerprint density at radius 2 is 1.94 bits per heavy atom. The molecule has 1 heterocycles. The number of hydrogen-bond donors (Lipinski definition) is 1. The van der Waals surface area contributed by atoms with Crippen molar-refractivity contribution in [3.63, 3.8) is 0 Å². The monoisotopic (exact) mass is 255 g/mol. The van der Waals surface area contributed by atoms with E-state index in [2.05, 4.69) is 5.32 Å². The SMILES string of the molecule is COc1ccccc1C(F)(F)CC1CCNCC1. The van der Waals surface area contributed by atoms with Crippen LogP contribution in [0.5, 0.6) is 5.75 Å². The minimum atomic E-state index is -2.81. The number of benzene rings is 1. The summed E-state index contributed by atoms with van der Waals surface area (Å²) in [6, 6.07) is 6.39. The second kappa shape index (κ2) is 5.65. The molecule has 0 bridgehead atoms. The first-order valence-electron chi connectivity index (χ1n) is 6.35. The number of nitrogens with one attached hydrogen (secondary N) is 1. The van der Waals surface area contributed by atoms with E-state index in [0.717, 1.165) is 25.9 Å². The predicted octanol–water partition coefficient (Wildman–Crippen LogP) is 3.18. The number of methoxy groups -OCH3 is 1. The van der Waals surface area contributed by atoms with Crippen molar-refractivity contribution in [3.05, 3.63) is 29.8 Å². The van der Waals surface area contributed by atoms with Gasteiger partial charge >= 0.3 is 0 Å². The minimum absolute atomic E-state index is 0.00559. The molecule has 18 heavy (non-hydrogen) atoms. The topological polar surface area (TPSA) is 21.3 Å². The third-order valence-corrected chi connectivity index (χ3v) is 3.50. The zero-order chi connectivity index (χ0) is 13.0. The van der Waals surface area contributed by atoms with Crippen LogP contribution in [0.2, 0.25) is 0 Å². The van der Waals surface area contributed by atoms with E-state index in [1.165, 1.54) is 13.2 Å². The molecular weight excluding hydrogens is 236 g/mol. The number of para-hydroxylation sites is 1. The Balaban J connectivity index is 2.13. The average Bonchev–Trinajstić information content (AvgIpc) is 2.39. The van der Waals surface area contributed by atoms with Crippen LogP contribution in [0.3, 0.4) is 0 Å². The Morgan fingerprint density at radius 1 is 1.28 bits per heavy atom. The summed E-state index contributed by atoms with van der Waals surface area (Å²) in [5, 5.41) is 3.19. The lowest BCUT2D eigenvalue weighted by Gasteiger charge is -2.27. The summed E-state index contributed by atoms with van der Waals surface area (Å²) in [6.07, 6.45) is 1.56. The zero-order valence-electron chi connectivity index (χ0n) is 10.6. The Labute approximate surface area is 106 Å². The van der Waals surface area contributed by atoms with Crippen LogP contribution >= 0.6 is 0 Å². The van der Waals surface area contributed by atoms with Crippen molar-refractivity contribution in [2.24, 2.45) is 5.92 Å². The number of alkyl halides is 2. The molecule has 0 aromatic heterocycles. The molecule has 100 valence electrons. The Kier molecular flexibility index (Phi) is 4.17. The van der Waals surface area contributed by atoms with E-state index < -0.39 is 5.92 Å². The van der Waals surface area contributed by atoms with Gasteiger partial charge in [0.1, 0.15) is 5.75 Å². The molecule has 1 aliphatic rings. The highest BCUT2D eigenvalue weighted by Gasteiger charge is 2.37. The highest BCUT2D eigenvalue weighted by atomic mass is 19.3. The molecule has 0 atom stereocenters. The normalized spacial score (nSPS) is 17.7. The molecule has 4 heteroatoms. The van der Waals surface area contributed by atoms with Gasteiger partial charge < -0.3 is 10.1 Å². The maximum Gasteiger partial charge on any atom is 0.277 e. The molecule has 0 radical (unpaired) electrons. The van der Waals surface area contributed by atoms with E-state index in [0.29, 0.717) is 0 Å². The Hall–Kier alpha value is -1.16. The van der Waals surface area contributed by atoms with Crippen LogP contribution < -0.4 is 10.1 Å². The maximum absolute atomic E-state index is 14.3. The lowest BCUT2D eigenvalue weighted by molar-refractivity contribution is -0.0344. The van der Waals surface area contributed by atoms with Gasteiger partial charge in [0.25, 0.3) is 5.92 Å². The van der Waals surface area contributed by atoms with E-state index >= 15 is 0 Å². The molecule has 1 aliphatic heterocycles. The molecule has 2 rings (SSSR count). The molecule has 2 nitrogen and oxygen atoms in total. The summed E-state index contributed by atoms with van der Waals surface area (Å²) < 4.78 is 33.6. The van der Waals surface area contributed by atoms with Crippen LogP contribution in [-0.4, -0.2) is 20.2 Å². The fraction of sp³-hybridized carbons (Fsp3) is 0.571. The first-order chi connectivity index (χ1) is 8.63. The van der Waals surface area contributed by atoms with Crippen molar-refractivity contribution >= 4 is 0 Å². The number of piperidine rings is 1. The van der Waals surface area contributed by atoms with Crippen LogP contribution in [0.4, 0.5) is 8.78 Å². The van der Waals surface area contributed by atoms with E-state index in [1.807, 2.05) is 0 Å². The molecule has 0 aliphatic carbocycles. The molecule has 0 saturated carbocycles. The number of halogens is 2. The standard InChI is InChI=1S/C14H19F2NO/c1-18-13-5-3-2-4-12(13)14(15,16)10-11-6-8-17-9-7-11/h2-5,11,17H,6-10H2,1H3. The van der Waals surface area contributed by atoms with Gasteiger partial charge in [0, 0.05) is 6.42 Å². The quantitative estimate of drug-likeness (QED) is 0.892. The van der Waals surface area contributed by atoms with Gasteiger partial charge in [0.05, 0.1) is 12.7 Å². The van der Waals surface area contributed by atoms with Crippen LogP contribution in [0, 0.1) is 5.92 Å². The summed E-state index contributed by atoms with van der Waals surface area (Å²) in [5.74, 6) is -2.45. The second-order valence-electron chi connectivity index (χ2n) is 4.80. The van der Waals surface area contributed by atoms with E-state index in [9.17, 15) is 8.78 Å². The minimum Gasteiger partial charge on any atom is -0.496 e. The van der Waals surface area contributed by atoms with Crippen molar-refractivity contribution in [2.45, 2.75) is 25.2 Å². The van der Waals surface area contributed by atoms with Crippen molar-refractivity contribution in [2.75, 3.05) is 20.2 Å². The molecule has 1 saturated heterocycles. The zero-order valence-corrected chi connectivity index (χ0v) is 10.6. The lowest BCUT2D eigenvalue weighted by Crippen LogP contribution is -2.31. The highest BCUT2D eigenvalue weighted by molar-refractivity contribution is 5.36. The smallest absolute Gasteiger partial charge is 0.277 e. The van der Waals surface area contributed by atoms with Crippen LogP contribution in [-0.2, 0) is 5.92 Å². The van der Waals surface area contributed by atoms with Crippen LogP contribution in [0.15, 0.2) is 24.3 Å². The fourth-order valence-corrected chi connectivity index (χ4v) is 2.51. The Morgan fingerprint density at radius 3 is 2.61 bits per heavy atom. The van der Waals surface area contributed by atoms with Gasteiger partial charge in [-0.05, 0) is 44.0 Å². The summed E-state index contributed by atoms with van der Waals surface area (Å²) >= 11 is 0. The number of ether oxygens (including phenoxy) is 1. The molecule has 1 aromatic rings. The molecule has 0 unspecified atom stereocenters. The molecule has 1 N–H and O–H groups in total. The van der Waals surface area contributed by atoms with Gasteiger partial charge in [0.15, 0.2) is 0 Å².